The normalized spacial score (nSPS) is 10.9. The smallest absolute Gasteiger partial charge is 0.255 e. The lowest BCUT2D eigenvalue weighted by Crippen LogP contribution is -2.24. The molecule has 0 spiro atoms. The minimum atomic E-state index is 0.0934. The minimum absolute atomic E-state index is 0.0934. The first kappa shape index (κ1) is 15.9. The predicted molar refractivity (Wildman–Crippen MR) is 93.2 cm³/mol. The SMILES string of the molecule is CCCCn1c(-c2ccc(C)cc2C)ccc(CS)c1=O. The Kier molecular flexibility index (Phi) is 5.29. The number of aryl methyl sites for hydroxylation is 2. The van der Waals surface area contributed by atoms with Gasteiger partial charge in [0.05, 0.1) is 5.69 Å². The quantitative estimate of drug-likeness (QED) is 0.814. The summed E-state index contributed by atoms with van der Waals surface area (Å²) in [6, 6.07) is 10.3. The van der Waals surface area contributed by atoms with Crippen LogP contribution in [0.2, 0.25) is 0 Å². The van der Waals surface area contributed by atoms with Crippen LogP contribution in [0.15, 0.2) is 35.1 Å². The molecule has 21 heavy (non-hydrogen) atoms. The maximum Gasteiger partial charge on any atom is 0.255 e. The van der Waals surface area contributed by atoms with Crippen LogP contribution < -0.4 is 5.56 Å². The third-order valence-corrected chi connectivity index (χ3v) is 4.16. The molecule has 0 saturated carbocycles. The Bertz CT molecular complexity index is 688. The first-order chi connectivity index (χ1) is 10.1. The molecule has 0 saturated heterocycles. The first-order valence-electron chi connectivity index (χ1n) is 7.49. The van der Waals surface area contributed by atoms with Gasteiger partial charge in [0.15, 0.2) is 0 Å². The highest BCUT2D eigenvalue weighted by molar-refractivity contribution is 7.79. The summed E-state index contributed by atoms with van der Waals surface area (Å²) in [5.41, 5.74) is 5.46. The van der Waals surface area contributed by atoms with Gasteiger partial charge in [0.25, 0.3) is 5.56 Å². The molecule has 0 atom stereocenters. The predicted octanol–water partition coefficient (Wildman–Crippen LogP) is 4.36. The molecule has 0 bridgehead atoms. The van der Waals surface area contributed by atoms with Crippen molar-refractivity contribution < 1.29 is 0 Å². The van der Waals surface area contributed by atoms with Crippen molar-refractivity contribution in [3.63, 3.8) is 0 Å². The van der Waals surface area contributed by atoms with Crippen molar-refractivity contribution in [2.75, 3.05) is 0 Å². The van der Waals surface area contributed by atoms with Gasteiger partial charge in [-0.3, -0.25) is 4.79 Å². The monoisotopic (exact) mass is 301 g/mol. The Morgan fingerprint density at radius 2 is 1.90 bits per heavy atom. The summed E-state index contributed by atoms with van der Waals surface area (Å²) >= 11 is 4.26. The summed E-state index contributed by atoms with van der Waals surface area (Å²) in [6.07, 6.45) is 2.08. The molecule has 0 unspecified atom stereocenters. The summed E-state index contributed by atoms with van der Waals surface area (Å²) in [7, 11) is 0. The van der Waals surface area contributed by atoms with E-state index >= 15 is 0 Å². The Morgan fingerprint density at radius 3 is 2.52 bits per heavy atom. The van der Waals surface area contributed by atoms with E-state index in [1.165, 1.54) is 11.1 Å². The fraction of sp³-hybridized carbons (Fsp3) is 0.389. The van der Waals surface area contributed by atoms with E-state index in [9.17, 15) is 4.79 Å². The van der Waals surface area contributed by atoms with Gasteiger partial charge >= 0.3 is 0 Å². The van der Waals surface area contributed by atoms with Crippen LogP contribution in [0, 0.1) is 13.8 Å². The van der Waals surface area contributed by atoms with Gasteiger partial charge in [-0.2, -0.15) is 12.6 Å². The van der Waals surface area contributed by atoms with Crippen LogP contribution in [0.25, 0.3) is 11.3 Å². The van der Waals surface area contributed by atoms with Crippen LogP contribution in [0.4, 0.5) is 0 Å². The van der Waals surface area contributed by atoms with Gasteiger partial charge in [0.2, 0.25) is 0 Å². The van der Waals surface area contributed by atoms with Crippen LogP contribution in [0.1, 0.15) is 36.5 Å². The standard InChI is InChI=1S/C18H23NOS/c1-4-5-10-19-17(9-7-15(12-21)18(19)20)16-8-6-13(2)11-14(16)3/h6-9,11,21H,4-5,10,12H2,1-3H3. The third kappa shape index (κ3) is 3.41. The lowest BCUT2D eigenvalue weighted by Gasteiger charge is -2.16. The van der Waals surface area contributed by atoms with Crippen LogP contribution in [-0.2, 0) is 12.3 Å². The highest BCUT2D eigenvalue weighted by Gasteiger charge is 2.11. The summed E-state index contributed by atoms with van der Waals surface area (Å²) in [5, 5.41) is 0. The zero-order valence-electron chi connectivity index (χ0n) is 13.0. The van der Waals surface area contributed by atoms with Crippen molar-refractivity contribution in [3.05, 3.63) is 57.4 Å². The second-order valence-corrected chi connectivity index (χ2v) is 5.85. The number of unbranched alkanes of at least 4 members (excludes halogenated alkanes) is 1. The largest absolute Gasteiger partial charge is 0.308 e. The van der Waals surface area contributed by atoms with Crippen LogP contribution in [0.3, 0.4) is 0 Å². The number of nitrogens with zero attached hydrogens (tertiary/aromatic N) is 1. The molecule has 1 heterocycles. The molecule has 0 fully saturated rings. The van der Waals surface area contributed by atoms with Gasteiger partial charge in [-0.05, 0) is 31.9 Å². The van der Waals surface area contributed by atoms with Crippen molar-refractivity contribution >= 4 is 12.6 Å². The number of rotatable bonds is 5. The zero-order chi connectivity index (χ0) is 15.4. The summed E-state index contributed by atoms with van der Waals surface area (Å²) < 4.78 is 1.91. The van der Waals surface area contributed by atoms with E-state index in [1.807, 2.05) is 10.6 Å². The van der Waals surface area contributed by atoms with Gasteiger partial charge in [-0.1, -0.05) is 43.2 Å². The average molecular weight is 301 g/mol. The lowest BCUT2D eigenvalue weighted by molar-refractivity contribution is 0.615. The van der Waals surface area contributed by atoms with E-state index in [0.29, 0.717) is 5.75 Å². The van der Waals surface area contributed by atoms with Crippen molar-refractivity contribution in [3.8, 4) is 11.3 Å². The second kappa shape index (κ2) is 6.99. The van der Waals surface area contributed by atoms with E-state index in [1.54, 1.807) is 0 Å². The van der Waals surface area contributed by atoms with Crippen LogP contribution in [0.5, 0.6) is 0 Å². The summed E-state index contributed by atoms with van der Waals surface area (Å²) in [6.45, 7) is 7.10. The molecule has 2 aromatic rings. The van der Waals surface area contributed by atoms with Gasteiger partial charge in [0, 0.05) is 23.4 Å². The molecule has 0 N–H and O–H groups in total. The molecule has 2 nitrogen and oxygen atoms in total. The van der Waals surface area contributed by atoms with Crippen molar-refractivity contribution in [1.82, 2.24) is 4.57 Å². The molecule has 0 amide bonds. The minimum Gasteiger partial charge on any atom is -0.308 e. The lowest BCUT2D eigenvalue weighted by atomic mass is 10.0. The first-order valence-corrected chi connectivity index (χ1v) is 8.13. The third-order valence-electron chi connectivity index (χ3n) is 3.82. The number of aromatic nitrogens is 1. The molecule has 0 radical (unpaired) electrons. The van der Waals surface area contributed by atoms with Crippen LogP contribution in [-0.4, -0.2) is 4.57 Å². The molecular formula is C18H23NOS. The number of pyridine rings is 1. The van der Waals surface area contributed by atoms with Crippen molar-refractivity contribution in [2.24, 2.45) is 0 Å². The average Bonchev–Trinajstić information content (AvgIpc) is 2.46. The molecule has 112 valence electrons. The van der Waals surface area contributed by atoms with Gasteiger partial charge in [-0.25, -0.2) is 0 Å². The van der Waals surface area contributed by atoms with E-state index in [-0.39, 0.29) is 5.56 Å². The summed E-state index contributed by atoms with van der Waals surface area (Å²) in [4.78, 5) is 12.6. The van der Waals surface area contributed by atoms with E-state index in [4.69, 9.17) is 0 Å². The molecule has 2 rings (SSSR count). The molecule has 1 aromatic heterocycles. The van der Waals surface area contributed by atoms with E-state index in [0.717, 1.165) is 36.2 Å². The highest BCUT2D eigenvalue weighted by Crippen LogP contribution is 2.24. The Hall–Kier alpha value is -1.48. The number of thiol groups is 1. The maximum atomic E-state index is 12.6. The Morgan fingerprint density at radius 1 is 1.14 bits per heavy atom. The topological polar surface area (TPSA) is 22.0 Å². The Balaban J connectivity index is 2.61. The zero-order valence-corrected chi connectivity index (χ0v) is 13.9. The van der Waals surface area contributed by atoms with Crippen molar-refractivity contribution in [1.29, 1.82) is 0 Å². The van der Waals surface area contributed by atoms with Gasteiger partial charge in [-0.15, -0.1) is 0 Å². The molecule has 1 aromatic carbocycles. The molecular weight excluding hydrogens is 278 g/mol. The summed E-state index contributed by atoms with van der Waals surface area (Å²) in [5.74, 6) is 0.484. The van der Waals surface area contributed by atoms with Gasteiger partial charge < -0.3 is 4.57 Å². The number of hydrogen-bond acceptors (Lipinski definition) is 2. The molecule has 0 aliphatic heterocycles. The maximum absolute atomic E-state index is 12.6. The van der Waals surface area contributed by atoms with Gasteiger partial charge in [0.1, 0.15) is 0 Å². The fourth-order valence-corrected chi connectivity index (χ4v) is 2.86. The van der Waals surface area contributed by atoms with E-state index < -0.39 is 0 Å². The van der Waals surface area contributed by atoms with Crippen LogP contribution >= 0.6 is 12.6 Å². The molecule has 0 aliphatic rings. The number of benzene rings is 1. The van der Waals surface area contributed by atoms with Crippen molar-refractivity contribution in [2.45, 2.75) is 45.9 Å². The second-order valence-electron chi connectivity index (χ2n) is 5.53. The number of hydrogen-bond donors (Lipinski definition) is 1. The Labute approximate surface area is 132 Å². The highest BCUT2D eigenvalue weighted by atomic mass is 32.1. The fourth-order valence-electron chi connectivity index (χ4n) is 2.62. The molecule has 0 aliphatic carbocycles. The molecule has 3 heteroatoms. The van der Waals surface area contributed by atoms with E-state index in [2.05, 4.69) is 57.7 Å².